The van der Waals surface area contributed by atoms with Gasteiger partial charge in [-0.1, -0.05) is 54.2 Å². The van der Waals surface area contributed by atoms with Crippen LogP contribution in [0.15, 0.2) is 52.3 Å². The molecular formula is C20H21BO2S. The molecule has 2 aliphatic rings. The molecule has 0 unspecified atom stereocenters. The highest BCUT2D eigenvalue weighted by Crippen LogP contribution is 2.39. The lowest BCUT2D eigenvalue weighted by Gasteiger charge is -2.32. The lowest BCUT2D eigenvalue weighted by molar-refractivity contribution is 0.00578. The van der Waals surface area contributed by atoms with Crippen molar-refractivity contribution in [2.75, 3.05) is 0 Å². The molecule has 0 N–H and O–H groups in total. The van der Waals surface area contributed by atoms with Gasteiger partial charge in [-0.25, -0.2) is 0 Å². The van der Waals surface area contributed by atoms with Crippen molar-refractivity contribution in [1.82, 2.24) is 0 Å². The molecule has 2 nitrogen and oxygen atoms in total. The summed E-state index contributed by atoms with van der Waals surface area (Å²) in [5.41, 5.74) is 2.94. The monoisotopic (exact) mass is 336 g/mol. The Kier molecular flexibility index (Phi) is 3.68. The molecule has 0 spiro atoms. The molecule has 0 aromatic heterocycles. The van der Waals surface area contributed by atoms with Gasteiger partial charge in [-0.15, -0.1) is 0 Å². The van der Waals surface area contributed by atoms with E-state index in [2.05, 4.69) is 82.3 Å². The molecule has 1 fully saturated rings. The summed E-state index contributed by atoms with van der Waals surface area (Å²) in [5.74, 6) is 0. The van der Waals surface area contributed by atoms with Gasteiger partial charge in [-0.2, -0.15) is 0 Å². The van der Waals surface area contributed by atoms with Gasteiger partial charge in [-0.3, -0.25) is 0 Å². The SMILES string of the molecule is CC1(C)OB(c2ccc3c(c2)Sc2ccccc2C=C3)OC1(C)C. The third-order valence-electron chi connectivity index (χ3n) is 5.14. The lowest BCUT2D eigenvalue weighted by atomic mass is 9.79. The van der Waals surface area contributed by atoms with E-state index in [-0.39, 0.29) is 18.3 Å². The second-order valence-corrected chi connectivity index (χ2v) is 8.44. The zero-order valence-electron chi connectivity index (χ0n) is 14.5. The van der Waals surface area contributed by atoms with Crippen molar-refractivity contribution in [3.8, 4) is 0 Å². The van der Waals surface area contributed by atoms with Crippen LogP contribution in [0.4, 0.5) is 0 Å². The van der Waals surface area contributed by atoms with Crippen LogP contribution in [0.2, 0.25) is 0 Å². The Labute approximate surface area is 148 Å². The summed E-state index contributed by atoms with van der Waals surface area (Å²) in [5, 5.41) is 0. The fraction of sp³-hybridized carbons (Fsp3) is 0.300. The fourth-order valence-corrected chi connectivity index (χ4v) is 4.00. The van der Waals surface area contributed by atoms with E-state index >= 15 is 0 Å². The predicted octanol–water partition coefficient (Wildman–Crippen LogP) is 4.62. The molecule has 122 valence electrons. The van der Waals surface area contributed by atoms with Crippen molar-refractivity contribution in [3.05, 3.63) is 53.6 Å². The van der Waals surface area contributed by atoms with E-state index in [1.807, 2.05) is 0 Å². The molecule has 4 rings (SSSR count). The molecule has 2 aromatic rings. The van der Waals surface area contributed by atoms with E-state index in [1.54, 1.807) is 11.8 Å². The molecule has 1 saturated heterocycles. The topological polar surface area (TPSA) is 18.5 Å². The first kappa shape index (κ1) is 16.0. The number of rotatable bonds is 1. The summed E-state index contributed by atoms with van der Waals surface area (Å²) in [7, 11) is -0.316. The number of fused-ring (bicyclic) bond motifs is 2. The summed E-state index contributed by atoms with van der Waals surface area (Å²) in [6.45, 7) is 8.35. The average Bonchev–Trinajstić information content (AvgIpc) is 2.68. The van der Waals surface area contributed by atoms with Crippen molar-refractivity contribution in [3.63, 3.8) is 0 Å². The molecule has 0 aliphatic carbocycles. The molecule has 0 atom stereocenters. The van der Waals surface area contributed by atoms with Crippen molar-refractivity contribution in [1.29, 1.82) is 0 Å². The first-order valence-electron chi connectivity index (χ1n) is 8.30. The van der Waals surface area contributed by atoms with Crippen LogP contribution in [0.25, 0.3) is 12.2 Å². The zero-order chi connectivity index (χ0) is 16.9. The van der Waals surface area contributed by atoms with Gasteiger partial charge in [0.1, 0.15) is 0 Å². The zero-order valence-corrected chi connectivity index (χ0v) is 15.3. The Balaban J connectivity index is 1.69. The van der Waals surface area contributed by atoms with Crippen LogP contribution >= 0.6 is 11.8 Å². The van der Waals surface area contributed by atoms with E-state index in [1.165, 1.54) is 20.9 Å². The normalized spacial score (nSPS) is 20.4. The molecule has 2 heterocycles. The Morgan fingerprint density at radius 1 is 0.792 bits per heavy atom. The molecule has 2 aliphatic heterocycles. The quantitative estimate of drug-likeness (QED) is 0.604. The smallest absolute Gasteiger partial charge is 0.399 e. The largest absolute Gasteiger partial charge is 0.494 e. The lowest BCUT2D eigenvalue weighted by Crippen LogP contribution is -2.41. The first-order chi connectivity index (χ1) is 11.4. The van der Waals surface area contributed by atoms with Crippen LogP contribution in [-0.2, 0) is 9.31 Å². The van der Waals surface area contributed by atoms with Gasteiger partial charge in [0, 0.05) is 9.79 Å². The second kappa shape index (κ2) is 5.52. The maximum absolute atomic E-state index is 6.19. The molecule has 2 aromatic carbocycles. The van der Waals surface area contributed by atoms with Crippen LogP contribution in [0.5, 0.6) is 0 Å². The molecular weight excluding hydrogens is 315 g/mol. The summed E-state index contributed by atoms with van der Waals surface area (Å²) in [6.07, 6.45) is 4.37. The summed E-state index contributed by atoms with van der Waals surface area (Å²) < 4.78 is 12.4. The minimum atomic E-state index is -0.316. The number of benzene rings is 2. The highest BCUT2D eigenvalue weighted by molar-refractivity contribution is 7.99. The van der Waals surface area contributed by atoms with Gasteiger partial charge < -0.3 is 9.31 Å². The van der Waals surface area contributed by atoms with Gasteiger partial charge in [0.05, 0.1) is 11.2 Å². The molecule has 0 bridgehead atoms. The van der Waals surface area contributed by atoms with E-state index in [9.17, 15) is 0 Å². The van der Waals surface area contributed by atoms with Gasteiger partial charge >= 0.3 is 7.12 Å². The van der Waals surface area contributed by atoms with Crippen molar-refractivity contribution >= 4 is 36.5 Å². The Hall–Kier alpha value is -1.49. The Bertz CT molecular complexity index is 810. The van der Waals surface area contributed by atoms with Gasteiger partial charge in [-0.05, 0) is 56.4 Å². The van der Waals surface area contributed by atoms with Crippen LogP contribution in [0.3, 0.4) is 0 Å². The molecule has 24 heavy (non-hydrogen) atoms. The second-order valence-electron chi connectivity index (χ2n) is 7.36. The predicted molar refractivity (Wildman–Crippen MR) is 102 cm³/mol. The average molecular weight is 336 g/mol. The maximum atomic E-state index is 6.19. The fourth-order valence-electron chi connectivity index (χ4n) is 2.91. The number of hydrogen-bond donors (Lipinski definition) is 0. The molecule has 0 saturated carbocycles. The van der Waals surface area contributed by atoms with E-state index in [4.69, 9.17) is 9.31 Å². The minimum Gasteiger partial charge on any atom is -0.399 e. The molecule has 0 radical (unpaired) electrons. The Morgan fingerprint density at radius 2 is 1.42 bits per heavy atom. The van der Waals surface area contributed by atoms with E-state index in [0.717, 1.165) is 5.46 Å². The number of hydrogen-bond acceptors (Lipinski definition) is 3. The van der Waals surface area contributed by atoms with Crippen LogP contribution < -0.4 is 5.46 Å². The van der Waals surface area contributed by atoms with E-state index in [0.29, 0.717) is 0 Å². The summed E-state index contributed by atoms with van der Waals surface area (Å²) >= 11 is 1.80. The van der Waals surface area contributed by atoms with Gasteiger partial charge in [0.15, 0.2) is 0 Å². The minimum absolute atomic E-state index is 0.315. The standard InChI is InChI=1S/C20H21BO2S/c1-19(2)20(3,4)23-21(22-19)16-12-11-15-10-9-14-7-5-6-8-17(14)24-18(15)13-16/h5-13H,1-4H3. The van der Waals surface area contributed by atoms with E-state index < -0.39 is 0 Å². The summed E-state index contributed by atoms with van der Waals surface area (Å²) in [6, 6.07) is 15.0. The molecule has 4 heteroatoms. The Morgan fingerprint density at radius 3 is 2.12 bits per heavy atom. The van der Waals surface area contributed by atoms with Crippen LogP contribution in [0.1, 0.15) is 38.8 Å². The van der Waals surface area contributed by atoms with Crippen LogP contribution in [-0.4, -0.2) is 18.3 Å². The van der Waals surface area contributed by atoms with Gasteiger partial charge in [0.25, 0.3) is 0 Å². The van der Waals surface area contributed by atoms with Crippen molar-refractivity contribution in [2.24, 2.45) is 0 Å². The van der Waals surface area contributed by atoms with Crippen LogP contribution in [0, 0.1) is 0 Å². The van der Waals surface area contributed by atoms with Crippen molar-refractivity contribution in [2.45, 2.75) is 48.7 Å². The highest BCUT2D eigenvalue weighted by Gasteiger charge is 2.51. The third kappa shape index (κ3) is 2.63. The van der Waals surface area contributed by atoms with Crippen molar-refractivity contribution < 1.29 is 9.31 Å². The third-order valence-corrected chi connectivity index (χ3v) is 6.31. The molecule has 0 amide bonds. The maximum Gasteiger partial charge on any atom is 0.494 e. The highest BCUT2D eigenvalue weighted by atomic mass is 32.2. The summed E-state index contributed by atoms with van der Waals surface area (Å²) in [4.78, 5) is 2.52. The first-order valence-corrected chi connectivity index (χ1v) is 9.12. The van der Waals surface area contributed by atoms with Gasteiger partial charge in [0.2, 0.25) is 0 Å².